The molecule has 1 heterocycles. The number of aliphatic imine (C=N–C) groups is 1. The molecule has 0 aliphatic carbocycles. The van der Waals surface area contributed by atoms with Crippen LogP contribution < -0.4 is 15.4 Å². The van der Waals surface area contributed by atoms with Crippen molar-refractivity contribution < 1.29 is 17.9 Å². The fourth-order valence-corrected chi connectivity index (χ4v) is 1.43. The molecule has 0 saturated heterocycles. The standard InChI is InChI=1S/C14H17F3N4O/c1-3-6-20-13(18-4-2)21-9-11-5-7-19-12(8-11)22-10-14(15,16)17/h1,5,7-8H,4,6,9-10H2,2H3,(H2,18,20,21). The predicted molar refractivity (Wildman–Crippen MR) is 77.4 cm³/mol. The molecule has 5 nitrogen and oxygen atoms in total. The fourth-order valence-electron chi connectivity index (χ4n) is 1.43. The van der Waals surface area contributed by atoms with E-state index in [4.69, 9.17) is 6.42 Å². The largest absolute Gasteiger partial charge is 0.468 e. The second-order valence-electron chi connectivity index (χ2n) is 4.16. The van der Waals surface area contributed by atoms with Crippen molar-refractivity contribution in [2.75, 3.05) is 19.7 Å². The Morgan fingerprint density at radius 1 is 1.45 bits per heavy atom. The van der Waals surface area contributed by atoms with Crippen LogP contribution in [0.3, 0.4) is 0 Å². The third-order valence-electron chi connectivity index (χ3n) is 2.30. The lowest BCUT2D eigenvalue weighted by molar-refractivity contribution is -0.154. The minimum Gasteiger partial charge on any atom is -0.468 e. The number of guanidine groups is 1. The summed E-state index contributed by atoms with van der Waals surface area (Å²) in [6.07, 6.45) is 2.13. The number of hydrogen-bond donors (Lipinski definition) is 2. The number of terminal acetylenes is 1. The number of aromatic nitrogens is 1. The number of nitrogens with zero attached hydrogens (tertiary/aromatic N) is 2. The Hall–Kier alpha value is -2.43. The second kappa shape index (κ2) is 8.77. The lowest BCUT2D eigenvalue weighted by atomic mass is 10.3. The van der Waals surface area contributed by atoms with Crippen molar-refractivity contribution in [2.45, 2.75) is 19.6 Å². The van der Waals surface area contributed by atoms with Gasteiger partial charge in [-0.2, -0.15) is 13.2 Å². The highest BCUT2D eigenvalue weighted by atomic mass is 19.4. The number of pyridine rings is 1. The van der Waals surface area contributed by atoms with Crippen LogP contribution in [0, 0.1) is 12.3 Å². The van der Waals surface area contributed by atoms with E-state index in [0.29, 0.717) is 24.6 Å². The fraction of sp³-hybridized carbons (Fsp3) is 0.429. The van der Waals surface area contributed by atoms with Gasteiger partial charge in [-0.25, -0.2) is 9.98 Å². The zero-order valence-electron chi connectivity index (χ0n) is 12.1. The first-order chi connectivity index (χ1) is 10.4. The third kappa shape index (κ3) is 7.38. The first-order valence-corrected chi connectivity index (χ1v) is 6.54. The van der Waals surface area contributed by atoms with Gasteiger partial charge in [-0.1, -0.05) is 5.92 Å². The van der Waals surface area contributed by atoms with Crippen molar-refractivity contribution >= 4 is 5.96 Å². The minimum atomic E-state index is -4.40. The molecule has 0 saturated carbocycles. The monoisotopic (exact) mass is 314 g/mol. The average Bonchev–Trinajstić information content (AvgIpc) is 2.48. The number of hydrogen-bond acceptors (Lipinski definition) is 3. The second-order valence-corrected chi connectivity index (χ2v) is 4.16. The Labute approximate surface area is 127 Å². The number of halogens is 3. The molecule has 0 bridgehead atoms. The SMILES string of the molecule is C#CCNC(=NCc1ccnc(OCC(F)(F)F)c1)NCC. The summed E-state index contributed by atoms with van der Waals surface area (Å²) < 4.78 is 40.9. The molecule has 0 aliphatic heterocycles. The van der Waals surface area contributed by atoms with Gasteiger partial charge < -0.3 is 15.4 Å². The van der Waals surface area contributed by atoms with E-state index >= 15 is 0 Å². The number of nitrogens with one attached hydrogen (secondary N) is 2. The van der Waals surface area contributed by atoms with Gasteiger partial charge in [0.1, 0.15) is 0 Å². The van der Waals surface area contributed by atoms with Crippen LogP contribution in [0.5, 0.6) is 5.88 Å². The first kappa shape index (κ1) is 17.6. The highest BCUT2D eigenvalue weighted by Gasteiger charge is 2.28. The highest BCUT2D eigenvalue weighted by Crippen LogP contribution is 2.17. The Kier molecular flexibility index (Phi) is 7.02. The van der Waals surface area contributed by atoms with Crippen molar-refractivity contribution in [3.8, 4) is 18.2 Å². The lowest BCUT2D eigenvalue weighted by Crippen LogP contribution is -2.37. The van der Waals surface area contributed by atoms with Crippen molar-refractivity contribution in [2.24, 2.45) is 4.99 Å². The van der Waals surface area contributed by atoms with E-state index in [1.165, 1.54) is 12.3 Å². The summed E-state index contributed by atoms with van der Waals surface area (Å²) in [4.78, 5) is 7.99. The van der Waals surface area contributed by atoms with Crippen LogP contribution in [0.25, 0.3) is 0 Å². The molecular formula is C14H17F3N4O. The van der Waals surface area contributed by atoms with Gasteiger partial charge in [0.25, 0.3) is 0 Å². The normalized spacial score (nSPS) is 11.7. The quantitative estimate of drug-likeness (QED) is 0.477. The van der Waals surface area contributed by atoms with Crippen LogP contribution in [-0.2, 0) is 6.54 Å². The maximum absolute atomic E-state index is 12.1. The third-order valence-corrected chi connectivity index (χ3v) is 2.30. The molecule has 22 heavy (non-hydrogen) atoms. The van der Waals surface area contributed by atoms with Gasteiger partial charge >= 0.3 is 6.18 Å². The zero-order valence-corrected chi connectivity index (χ0v) is 12.1. The Balaban J connectivity index is 2.66. The van der Waals surface area contributed by atoms with Gasteiger partial charge in [0.2, 0.25) is 5.88 Å². The van der Waals surface area contributed by atoms with E-state index in [9.17, 15) is 13.2 Å². The molecule has 0 amide bonds. The summed E-state index contributed by atoms with van der Waals surface area (Å²) in [5.74, 6) is 2.86. The smallest absolute Gasteiger partial charge is 0.422 e. The van der Waals surface area contributed by atoms with Gasteiger partial charge in [-0.3, -0.25) is 0 Å². The van der Waals surface area contributed by atoms with E-state index in [-0.39, 0.29) is 12.4 Å². The van der Waals surface area contributed by atoms with Crippen molar-refractivity contribution in [1.82, 2.24) is 15.6 Å². The number of rotatable bonds is 6. The zero-order chi connectivity index (χ0) is 16.4. The molecule has 0 aromatic carbocycles. The van der Waals surface area contributed by atoms with Crippen LogP contribution in [0.15, 0.2) is 23.3 Å². The van der Waals surface area contributed by atoms with Gasteiger partial charge in [-0.05, 0) is 18.6 Å². The summed E-state index contributed by atoms with van der Waals surface area (Å²) in [5, 5.41) is 5.90. The van der Waals surface area contributed by atoms with Crippen LogP contribution >= 0.6 is 0 Å². The van der Waals surface area contributed by atoms with Crippen LogP contribution in [-0.4, -0.2) is 36.8 Å². The van der Waals surface area contributed by atoms with E-state index in [2.05, 4.69) is 31.3 Å². The first-order valence-electron chi connectivity index (χ1n) is 6.54. The summed E-state index contributed by atoms with van der Waals surface area (Å²) >= 11 is 0. The van der Waals surface area contributed by atoms with Gasteiger partial charge in [-0.15, -0.1) is 6.42 Å². The maximum Gasteiger partial charge on any atom is 0.422 e. The van der Waals surface area contributed by atoms with Crippen LogP contribution in [0.4, 0.5) is 13.2 Å². The Morgan fingerprint density at radius 3 is 2.86 bits per heavy atom. The van der Waals surface area contributed by atoms with E-state index in [1.807, 2.05) is 6.92 Å². The van der Waals surface area contributed by atoms with Gasteiger partial charge in [0.05, 0.1) is 13.1 Å². The average molecular weight is 314 g/mol. The molecule has 1 aromatic heterocycles. The van der Waals surface area contributed by atoms with E-state index in [1.54, 1.807) is 6.07 Å². The van der Waals surface area contributed by atoms with Crippen LogP contribution in [0.1, 0.15) is 12.5 Å². The summed E-state index contributed by atoms with van der Waals surface area (Å²) in [6, 6.07) is 3.06. The molecule has 0 fully saturated rings. The van der Waals surface area contributed by atoms with Crippen LogP contribution in [0.2, 0.25) is 0 Å². The molecule has 2 N–H and O–H groups in total. The molecule has 1 rings (SSSR count). The molecular weight excluding hydrogens is 297 g/mol. The molecule has 0 unspecified atom stereocenters. The minimum absolute atomic E-state index is 0.0911. The highest BCUT2D eigenvalue weighted by molar-refractivity contribution is 5.79. The van der Waals surface area contributed by atoms with Crippen molar-refractivity contribution in [1.29, 1.82) is 0 Å². The summed E-state index contributed by atoms with van der Waals surface area (Å²) in [5.41, 5.74) is 0.671. The molecule has 0 aliphatic rings. The molecule has 1 aromatic rings. The molecule has 0 spiro atoms. The Bertz CT molecular complexity index is 538. The number of alkyl halides is 3. The summed E-state index contributed by atoms with van der Waals surface area (Å²) in [7, 11) is 0. The van der Waals surface area contributed by atoms with Gasteiger partial charge in [0.15, 0.2) is 12.6 Å². The predicted octanol–water partition coefficient (Wildman–Crippen LogP) is 1.71. The number of ether oxygens (including phenoxy) is 1. The van der Waals surface area contributed by atoms with Crippen molar-refractivity contribution in [3.63, 3.8) is 0 Å². The van der Waals surface area contributed by atoms with Gasteiger partial charge in [0, 0.05) is 18.8 Å². The van der Waals surface area contributed by atoms with E-state index < -0.39 is 12.8 Å². The van der Waals surface area contributed by atoms with Crippen molar-refractivity contribution in [3.05, 3.63) is 23.9 Å². The molecule has 0 atom stereocenters. The Morgan fingerprint density at radius 2 is 2.23 bits per heavy atom. The summed E-state index contributed by atoms with van der Waals surface area (Å²) in [6.45, 7) is 1.77. The lowest BCUT2D eigenvalue weighted by Gasteiger charge is -2.10. The van der Waals surface area contributed by atoms with E-state index in [0.717, 1.165) is 0 Å². The topological polar surface area (TPSA) is 58.5 Å². The maximum atomic E-state index is 12.1. The molecule has 8 heteroatoms. The molecule has 0 radical (unpaired) electrons. The molecule has 120 valence electrons.